The molecule has 7 heteroatoms. The molecule has 0 aliphatic rings. The Bertz CT molecular complexity index is 653. The van der Waals surface area contributed by atoms with Gasteiger partial charge in [-0.15, -0.1) is 0 Å². The third-order valence-corrected chi connectivity index (χ3v) is 2.91. The maximum Gasteiger partial charge on any atom is 0.259 e. The van der Waals surface area contributed by atoms with Crippen molar-refractivity contribution >= 4 is 29.0 Å². The minimum Gasteiger partial charge on any atom is -0.394 e. The number of carbonyl (C=O) groups is 1. The summed E-state index contributed by atoms with van der Waals surface area (Å²) < 4.78 is 15.0. The lowest BCUT2D eigenvalue weighted by molar-refractivity contribution is 0.102. The maximum atomic E-state index is 13.6. The number of aromatic nitrogens is 2. The molecule has 0 aliphatic heterocycles. The average Bonchev–Trinajstić information content (AvgIpc) is 2.59. The summed E-state index contributed by atoms with van der Waals surface area (Å²) in [4.78, 5) is 12.0. The van der Waals surface area contributed by atoms with Gasteiger partial charge in [0.15, 0.2) is 5.82 Å². The molecule has 5 nitrogen and oxygen atoms in total. The number of halogens is 2. The van der Waals surface area contributed by atoms with Gasteiger partial charge in [0.1, 0.15) is 5.82 Å². The van der Waals surface area contributed by atoms with Crippen molar-refractivity contribution in [3.05, 3.63) is 40.3 Å². The molecule has 0 saturated heterocycles. The van der Waals surface area contributed by atoms with Gasteiger partial charge in [-0.3, -0.25) is 9.48 Å². The van der Waals surface area contributed by atoms with E-state index in [0.29, 0.717) is 17.2 Å². The molecule has 1 aromatic heterocycles. The van der Waals surface area contributed by atoms with Crippen LogP contribution in [-0.4, -0.2) is 15.7 Å². The summed E-state index contributed by atoms with van der Waals surface area (Å²) in [6.45, 7) is 1.71. The van der Waals surface area contributed by atoms with E-state index in [2.05, 4.69) is 10.4 Å². The zero-order valence-electron chi connectivity index (χ0n) is 10.4. The first-order valence-corrected chi connectivity index (χ1v) is 5.83. The van der Waals surface area contributed by atoms with E-state index in [0.717, 1.165) is 6.07 Å². The molecule has 1 amide bonds. The highest BCUT2D eigenvalue weighted by Crippen LogP contribution is 2.22. The van der Waals surface area contributed by atoms with Gasteiger partial charge < -0.3 is 11.1 Å². The summed E-state index contributed by atoms with van der Waals surface area (Å²) in [6, 6.07) is 3.76. The molecule has 1 heterocycles. The standard InChI is InChI=1S/C12H12ClFN4O/c1-6-10(15)11(18(2)17-6)16-12(19)8-5-7(13)3-4-9(8)14/h3-5H,15H2,1-2H3,(H,16,19). The number of hydrogen-bond donors (Lipinski definition) is 2. The Kier molecular flexibility index (Phi) is 3.44. The number of nitrogens with one attached hydrogen (secondary N) is 1. The van der Waals surface area contributed by atoms with Crippen LogP contribution in [0.3, 0.4) is 0 Å². The van der Waals surface area contributed by atoms with E-state index in [-0.39, 0.29) is 10.6 Å². The molecule has 2 rings (SSSR count). The molecular weight excluding hydrogens is 271 g/mol. The molecule has 0 spiro atoms. The Morgan fingerprint density at radius 3 is 2.79 bits per heavy atom. The monoisotopic (exact) mass is 282 g/mol. The average molecular weight is 283 g/mol. The van der Waals surface area contributed by atoms with Crippen LogP contribution in [0.2, 0.25) is 5.02 Å². The first kappa shape index (κ1) is 13.4. The number of rotatable bonds is 2. The van der Waals surface area contributed by atoms with Crippen molar-refractivity contribution in [2.45, 2.75) is 6.92 Å². The highest BCUT2D eigenvalue weighted by atomic mass is 35.5. The van der Waals surface area contributed by atoms with Crippen molar-refractivity contribution < 1.29 is 9.18 Å². The number of hydrogen-bond acceptors (Lipinski definition) is 3. The predicted molar refractivity (Wildman–Crippen MR) is 71.7 cm³/mol. The summed E-state index contributed by atoms with van der Waals surface area (Å²) in [5, 5.41) is 6.85. The molecule has 0 fully saturated rings. The molecule has 0 saturated carbocycles. The topological polar surface area (TPSA) is 72.9 Å². The molecule has 0 radical (unpaired) electrons. The van der Waals surface area contributed by atoms with Crippen LogP contribution >= 0.6 is 11.6 Å². The number of aryl methyl sites for hydroxylation is 2. The molecule has 0 atom stereocenters. The normalized spacial score (nSPS) is 10.5. The molecule has 100 valence electrons. The van der Waals surface area contributed by atoms with Gasteiger partial charge in [-0.05, 0) is 25.1 Å². The number of nitrogen functional groups attached to an aromatic ring is 1. The third kappa shape index (κ3) is 2.53. The molecule has 1 aromatic carbocycles. The number of amides is 1. The van der Waals surface area contributed by atoms with Crippen molar-refractivity contribution in [3.63, 3.8) is 0 Å². The molecule has 3 N–H and O–H groups in total. The summed E-state index contributed by atoms with van der Waals surface area (Å²) in [6.07, 6.45) is 0. The van der Waals surface area contributed by atoms with Crippen molar-refractivity contribution in [1.82, 2.24) is 9.78 Å². The summed E-state index contributed by atoms with van der Waals surface area (Å²) in [5.74, 6) is -0.962. The fourth-order valence-corrected chi connectivity index (χ4v) is 1.84. The van der Waals surface area contributed by atoms with E-state index in [9.17, 15) is 9.18 Å². The molecule has 0 unspecified atom stereocenters. The van der Waals surface area contributed by atoms with Crippen LogP contribution in [0.5, 0.6) is 0 Å². The van der Waals surface area contributed by atoms with E-state index in [1.807, 2.05) is 0 Å². The van der Waals surface area contributed by atoms with Crippen molar-refractivity contribution in [3.8, 4) is 0 Å². The second-order valence-corrected chi connectivity index (χ2v) is 4.49. The SMILES string of the molecule is Cc1nn(C)c(NC(=O)c2cc(Cl)ccc2F)c1N. The highest BCUT2D eigenvalue weighted by molar-refractivity contribution is 6.31. The zero-order chi connectivity index (χ0) is 14.2. The van der Waals surface area contributed by atoms with E-state index in [1.165, 1.54) is 16.8 Å². The predicted octanol–water partition coefficient (Wildman–Crippen LogP) is 2.36. The smallest absolute Gasteiger partial charge is 0.259 e. The van der Waals surface area contributed by atoms with Gasteiger partial charge in [-0.2, -0.15) is 5.10 Å². The van der Waals surface area contributed by atoms with E-state index in [4.69, 9.17) is 17.3 Å². The Labute approximate surface area is 114 Å². The van der Waals surface area contributed by atoms with Crippen LogP contribution < -0.4 is 11.1 Å². The second-order valence-electron chi connectivity index (χ2n) is 4.05. The number of carbonyl (C=O) groups excluding carboxylic acids is 1. The fraction of sp³-hybridized carbons (Fsp3) is 0.167. The van der Waals surface area contributed by atoms with E-state index in [1.54, 1.807) is 14.0 Å². The quantitative estimate of drug-likeness (QED) is 0.888. The van der Waals surface area contributed by atoms with Crippen molar-refractivity contribution in [2.24, 2.45) is 7.05 Å². The Morgan fingerprint density at radius 2 is 2.21 bits per heavy atom. The van der Waals surface area contributed by atoms with Crippen LogP contribution in [0, 0.1) is 12.7 Å². The van der Waals surface area contributed by atoms with Gasteiger partial charge in [0.2, 0.25) is 0 Å². The highest BCUT2D eigenvalue weighted by Gasteiger charge is 2.17. The molecule has 0 bridgehead atoms. The molecule has 19 heavy (non-hydrogen) atoms. The lowest BCUT2D eigenvalue weighted by Gasteiger charge is -2.07. The summed E-state index contributed by atoms with van der Waals surface area (Å²) in [7, 11) is 1.63. The minimum absolute atomic E-state index is 0.147. The number of nitrogens with two attached hydrogens (primary N) is 1. The first-order chi connectivity index (χ1) is 8.90. The molecular formula is C12H12ClFN4O. The van der Waals surface area contributed by atoms with Gasteiger partial charge in [0.05, 0.1) is 16.9 Å². The van der Waals surface area contributed by atoms with Gasteiger partial charge in [0, 0.05) is 12.1 Å². The first-order valence-electron chi connectivity index (χ1n) is 5.45. The van der Waals surface area contributed by atoms with Crippen LogP contribution in [0.15, 0.2) is 18.2 Å². The van der Waals surface area contributed by atoms with Crippen LogP contribution in [0.1, 0.15) is 16.1 Å². The molecule has 2 aromatic rings. The van der Waals surface area contributed by atoms with Gasteiger partial charge in [-0.25, -0.2) is 4.39 Å². The Hall–Kier alpha value is -2.08. The Morgan fingerprint density at radius 1 is 1.53 bits per heavy atom. The largest absolute Gasteiger partial charge is 0.394 e. The van der Waals surface area contributed by atoms with Gasteiger partial charge in [0.25, 0.3) is 5.91 Å². The fourth-order valence-electron chi connectivity index (χ4n) is 1.67. The summed E-state index contributed by atoms with van der Waals surface area (Å²) >= 11 is 5.74. The molecule has 0 aliphatic carbocycles. The minimum atomic E-state index is -0.653. The van der Waals surface area contributed by atoms with Crippen molar-refractivity contribution in [1.29, 1.82) is 0 Å². The summed E-state index contributed by atoms with van der Waals surface area (Å²) in [5.41, 5.74) is 6.57. The maximum absolute atomic E-state index is 13.6. The van der Waals surface area contributed by atoms with Crippen LogP contribution in [-0.2, 0) is 7.05 Å². The Balaban J connectivity index is 2.33. The third-order valence-electron chi connectivity index (χ3n) is 2.67. The zero-order valence-corrected chi connectivity index (χ0v) is 11.1. The van der Waals surface area contributed by atoms with Gasteiger partial charge >= 0.3 is 0 Å². The van der Waals surface area contributed by atoms with Crippen LogP contribution in [0.4, 0.5) is 15.9 Å². The second kappa shape index (κ2) is 4.89. The lowest BCUT2D eigenvalue weighted by Crippen LogP contribution is -2.17. The number of nitrogens with zero attached hydrogens (tertiary/aromatic N) is 2. The van der Waals surface area contributed by atoms with E-state index >= 15 is 0 Å². The lowest BCUT2D eigenvalue weighted by atomic mass is 10.2. The van der Waals surface area contributed by atoms with Crippen LogP contribution in [0.25, 0.3) is 0 Å². The number of benzene rings is 1. The van der Waals surface area contributed by atoms with E-state index < -0.39 is 11.7 Å². The van der Waals surface area contributed by atoms with Crippen molar-refractivity contribution in [2.75, 3.05) is 11.1 Å². The van der Waals surface area contributed by atoms with Gasteiger partial charge in [-0.1, -0.05) is 11.6 Å². The number of anilines is 2.